The Morgan fingerprint density at radius 1 is 0.667 bits per heavy atom. The minimum Gasteiger partial charge on any atom is -0.478 e. The van der Waals surface area contributed by atoms with Crippen LogP contribution < -0.4 is 21.1 Å². The maximum Gasteiger partial charge on any atom is 0.349 e. The van der Waals surface area contributed by atoms with Crippen LogP contribution in [0.2, 0.25) is 0 Å². The zero-order valence-corrected chi connectivity index (χ0v) is 30.7. The van der Waals surface area contributed by atoms with Crippen LogP contribution in [-0.4, -0.2) is 81.6 Å². The van der Waals surface area contributed by atoms with Crippen molar-refractivity contribution < 1.29 is 48.4 Å². The van der Waals surface area contributed by atoms with Gasteiger partial charge in [0, 0.05) is 12.1 Å². The number of carboxylic acid groups (broad SMARTS) is 2. The zero-order chi connectivity index (χ0) is 40.3. The van der Waals surface area contributed by atoms with Gasteiger partial charge in [-0.2, -0.15) is 5.10 Å². The number of esters is 2. The van der Waals surface area contributed by atoms with Gasteiger partial charge in [0.2, 0.25) is 12.2 Å². The number of piperidine rings is 1. The molecule has 15 heteroatoms. The molecule has 0 spiro atoms. The lowest BCUT2D eigenvalue weighted by Crippen LogP contribution is -2.45. The van der Waals surface area contributed by atoms with Gasteiger partial charge in [0.1, 0.15) is 28.6 Å². The summed E-state index contributed by atoms with van der Waals surface area (Å²) in [6.45, 7) is 2.89. The Bertz CT molecular complexity index is 2100. The van der Waals surface area contributed by atoms with Gasteiger partial charge in [-0.05, 0) is 98.9 Å². The average molecular weight is 776 g/mol. The lowest BCUT2D eigenvalue weighted by atomic mass is 9.87. The average Bonchev–Trinajstić information content (AvgIpc) is 3.64. The predicted octanol–water partition coefficient (Wildman–Crippen LogP) is 5.40. The van der Waals surface area contributed by atoms with Crippen LogP contribution in [-0.2, 0) is 19.1 Å². The van der Waals surface area contributed by atoms with Gasteiger partial charge in [-0.15, -0.1) is 0 Å². The van der Waals surface area contributed by atoms with E-state index in [2.05, 4.69) is 10.6 Å². The molecule has 1 amide bonds. The number of hydrogen-bond acceptors (Lipinski definition) is 11. The number of rotatable bonds is 12. The molecule has 6 N–H and O–H groups in total. The van der Waals surface area contributed by atoms with Crippen molar-refractivity contribution in [2.24, 2.45) is 11.7 Å². The third kappa shape index (κ3) is 9.82. The van der Waals surface area contributed by atoms with Crippen molar-refractivity contribution in [2.45, 2.75) is 37.5 Å². The molecule has 2 aliphatic heterocycles. The first-order valence-electron chi connectivity index (χ1n) is 18.3. The number of nitrogens with one attached hydrogen (secondary N) is 2. The number of fused-ring (bicyclic) bond motifs is 1. The van der Waals surface area contributed by atoms with Crippen LogP contribution in [0.5, 0.6) is 11.5 Å². The monoisotopic (exact) mass is 775 g/mol. The number of carbonyl (C=O) groups excluding carboxylic acids is 3. The SMILES string of the molecule is NC(=O)c1c(-c2ccc(Oc3ccccc3)cc2)nn2c1NCC[C@H]2C1CCNCC1.O=C(O[C@@H](C(=O)O)[C@@H](OC(=O)c1ccccc1)C(=O)O)c1ccccc1. The fourth-order valence-corrected chi connectivity index (χ4v) is 6.71. The topological polar surface area (TPSA) is 221 Å². The second-order valence-electron chi connectivity index (χ2n) is 13.3. The summed E-state index contributed by atoms with van der Waals surface area (Å²) in [5, 5.41) is 30.2. The molecule has 7 rings (SSSR count). The molecular weight excluding hydrogens is 734 g/mol. The van der Waals surface area contributed by atoms with E-state index in [9.17, 15) is 34.2 Å². The van der Waals surface area contributed by atoms with Crippen LogP contribution in [0.4, 0.5) is 5.82 Å². The smallest absolute Gasteiger partial charge is 0.349 e. The van der Waals surface area contributed by atoms with Gasteiger partial charge < -0.3 is 40.8 Å². The molecule has 15 nitrogen and oxygen atoms in total. The number of carboxylic acids is 2. The maximum atomic E-state index is 12.4. The van der Waals surface area contributed by atoms with E-state index in [0.29, 0.717) is 17.2 Å². The van der Waals surface area contributed by atoms with E-state index in [1.54, 1.807) is 12.1 Å². The quantitative estimate of drug-likeness (QED) is 0.100. The number of aromatic nitrogens is 2. The van der Waals surface area contributed by atoms with E-state index >= 15 is 0 Å². The number of aliphatic carboxylic acids is 2. The third-order valence-electron chi connectivity index (χ3n) is 9.49. The summed E-state index contributed by atoms with van der Waals surface area (Å²) >= 11 is 0. The Labute approximate surface area is 327 Å². The Hall–Kier alpha value is -7.00. The number of benzene rings is 4. The van der Waals surface area contributed by atoms with E-state index in [-0.39, 0.29) is 17.2 Å². The zero-order valence-electron chi connectivity index (χ0n) is 30.7. The molecular formula is C42H41N5O10. The van der Waals surface area contributed by atoms with Gasteiger partial charge in [0.15, 0.2) is 0 Å². The summed E-state index contributed by atoms with van der Waals surface area (Å²) in [5.74, 6) is -3.28. The first kappa shape index (κ1) is 39.7. The second-order valence-corrected chi connectivity index (χ2v) is 13.3. The van der Waals surface area contributed by atoms with Crippen LogP contribution >= 0.6 is 0 Å². The fourth-order valence-electron chi connectivity index (χ4n) is 6.71. The number of carbonyl (C=O) groups is 5. The van der Waals surface area contributed by atoms with Crippen LogP contribution in [0.1, 0.15) is 56.4 Å². The van der Waals surface area contributed by atoms with Gasteiger partial charge in [-0.3, -0.25) is 4.79 Å². The molecule has 4 aromatic carbocycles. The summed E-state index contributed by atoms with van der Waals surface area (Å²) in [6.07, 6.45) is -1.19. The second kappa shape index (κ2) is 18.6. The van der Waals surface area contributed by atoms with Crippen LogP contribution in [0.3, 0.4) is 0 Å². The summed E-state index contributed by atoms with van der Waals surface area (Å²) in [4.78, 5) is 59.3. The molecule has 2 aliphatic rings. The summed E-state index contributed by atoms with van der Waals surface area (Å²) < 4.78 is 17.4. The van der Waals surface area contributed by atoms with E-state index in [1.165, 1.54) is 48.5 Å². The van der Waals surface area contributed by atoms with Crippen molar-refractivity contribution in [3.05, 3.63) is 132 Å². The van der Waals surface area contributed by atoms with Crippen molar-refractivity contribution in [1.29, 1.82) is 0 Å². The predicted molar refractivity (Wildman–Crippen MR) is 207 cm³/mol. The number of amides is 1. The third-order valence-corrected chi connectivity index (χ3v) is 9.49. The lowest BCUT2D eigenvalue weighted by Gasteiger charge is -2.34. The Balaban J connectivity index is 0.000000196. The first-order chi connectivity index (χ1) is 27.6. The molecule has 3 heterocycles. The summed E-state index contributed by atoms with van der Waals surface area (Å²) in [7, 11) is 0. The van der Waals surface area contributed by atoms with Crippen LogP contribution in [0, 0.1) is 5.92 Å². The number of hydrogen-bond donors (Lipinski definition) is 5. The minimum absolute atomic E-state index is 0.0253. The standard InChI is InChI=1S/C24H27N5O2.C18H14O8/c25-23(30)21-22(17-6-8-19(9-7-17)31-18-4-2-1-3-5-18)28-29-20(12-15-27-24(21)29)16-10-13-26-14-11-16;19-15(20)13(25-17(23)11-7-3-1-4-8-11)14(16(21)22)26-18(24)12-9-5-2-6-10-12/h1-9,16,20,26-27H,10-15H2,(H2,25,30);1-10,13-14H,(H,19,20)(H,21,22)/t20-;13-,14-/m01/s1. The first-order valence-corrected chi connectivity index (χ1v) is 18.3. The molecule has 0 aliphatic carbocycles. The van der Waals surface area contributed by atoms with E-state index in [0.717, 1.165) is 61.8 Å². The molecule has 0 bridgehead atoms. The molecule has 1 fully saturated rings. The van der Waals surface area contributed by atoms with Gasteiger partial charge in [0.25, 0.3) is 5.91 Å². The number of anilines is 1. The highest BCUT2D eigenvalue weighted by atomic mass is 16.6. The molecule has 3 atom stereocenters. The molecule has 1 aromatic heterocycles. The van der Waals surface area contributed by atoms with Crippen LogP contribution in [0.15, 0.2) is 115 Å². The van der Waals surface area contributed by atoms with Crippen molar-refractivity contribution >= 4 is 35.6 Å². The Kier molecular flexibility index (Phi) is 12.9. The summed E-state index contributed by atoms with van der Waals surface area (Å²) in [6, 6.07) is 32.4. The lowest BCUT2D eigenvalue weighted by molar-refractivity contribution is -0.166. The normalized spacial score (nSPS) is 15.9. The number of nitrogens with two attached hydrogens (primary N) is 1. The number of ether oxygens (including phenoxy) is 3. The number of para-hydroxylation sites is 1. The van der Waals surface area contributed by atoms with Crippen molar-refractivity contribution in [3.63, 3.8) is 0 Å². The molecule has 0 saturated carbocycles. The number of nitrogens with zero attached hydrogens (tertiary/aromatic N) is 2. The fraction of sp³-hybridized carbons (Fsp3) is 0.238. The molecule has 0 unspecified atom stereocenters. The summed E-state index contributed by atoms with van der Waals surface area (Å²) in [5.41, 5.74) is 7.80. The van der Waals surface area contributed by atoms with Gasteiger partial charge in [0.05, 0.1) is 17.2 Å². The van der Waals surface area contributed by atoms with Crippen LogP contribution in [0.25, 0.3) is 11.3 Å². The van der Waals surface area contributed by atoms with E-state index < -0.39 is 42.0 Å². The van der Waals surface area contributed by atoms with Crippen molar-refractivity contribution in [2.75, 3.05) is 25.0 Å². The maximum absolute atomic E-state index is 12.4. The van der Waals surface area contributed by atoms with E-state index in [1.807, 2.05) is 59.3 Å². The highest BCUT2D eigenvalue weighted by molar-refractivity contribution is 6.04. The molecule has 57 heavy (non-hydrogen) atoms. The molecule has 5 aromatic rings. The molecule has 294 valence electrons. The van der Waals surface area contributed by atoms with E-state index in [4.69, 9.17) is 25.0 Å². The van der Waals surface area contributed by atoms with Gasteiger partial charge >= 0.3 is 23.9 Å². The largest absolute Gasteiger partial charge is 0.478 e. The van der Waals surface area contributed by atoms with Gasteiger partial charge in [-0.1, -0.05) is 54.6 Å². The van der Waals surface area contributed by atoms with Crippen molar-refractivity contribution in [1.82, 2.24) is 15.1 Å². The number of primary amides is 1. The Morgan fingerprint density at radius 3 is 1.65 bits per heavy atom. The molecule has 0 radical (unpaired) electrons. The minimum atomic E-state index is -2.21. The Morgan fingerprint density at radius 2 is 1.16 bits per heavy atom. The highest BCUT2D eigenvalue weighted by Gasteiger charge is 2.41. The van der Waals surface area contributed by atoms with Crippen molar-refractivity contribution in [3.8, 4) is 22.8 Å². The van der Waals surface area contributed by atoms with Gasteiger partial charge in [-0.25, -0.2) is 23.9 Å². The molecule has 1 saturated heterocycles. The highest BCUT2D eigenvalue weighted by Crippen LogP contribution is 2.39.